The number of nitrogens with two attached hydrogens (primary N) is 1. The van der Waals surface area contributed by atoms with E-state index in [4.69, 9.17) is 10.2 Å². The van der Waals surface area contributed by atoms with Crippen LogP contribution in [0.1, 0.15) is 21.9 Å². The standard InChI is InChI=1S/C9H14N4O5S2/c10-20(17,18)3-1-2-11-9(16)12-4-7-13-6(5-19-7)8(14)15/h5H,1-4H2,(H,14,15)(H2,10,17,18)(H2,11,12,16). The Morgan fingerprint density at radius 3 is 2.65 bits per heavy atom. The van der Waals surface area contributed by atoms with E-state index in [9.17, 15) is 18.0 Å². The highest BCUT2D eigenvalue weighted by Gasteiger charge is 2.09. The number of carbonyl (C=O) groups is 2. The molecule has 1 heterocycles. The third-order valence-electron chi connectivity index (χ3n) is 2.06. The molecule has 5 N–H and O–H groups in total. The number of amides is 2. The summed E-state index contributed by atoms with van der Waals surface area (Å²) < 4.78 is 21.3. The lowest BCUT2D eigenvalue weighted by Crippen LogP contribution is -2.36. The Hall–Kier alpha value is -1.72. The van der Waals surface area contributed by atoms with Gasteiger partial charge >= 0.3 is 12.0 Å². The van der Waals surface area contributed by atoms with Gasteiger partial charge in [-0.1, -0.05) is 0 Å². The zero-order valence-corrected chi connectivity index (χ0v) is 12.0. The number of aromatic nitrogens is 1. The summed E-state index contributed by atoms with van der Waals surface area (Å²) in [5, 5.41) is 20.2. The van der Waals surface area contributed by atoms with Gasteiger partial charge in [-0.15, -0.1) is 11.3 Å². The molecule has 11 heteroatoms. The van der Waals surface area contributed by atoms with Crippen molar-refractivity contribution in [2.24, 2.45) is 5.14 Å². The Kier molecular flexibility index (Phi) is 5.85. The molecular formula is C9H14N4O5S2. The number of nitrogens with one attached hydrogen (secondary N) is 2. The highest BCUT2D eigenvalue weighted by atomic mass is 32.2. The molecule has 0 saturated carbocycles. The minimum absolute atomic E-state index is 0.0691. The SMILES string of the molecule is NS(=O)(=O)CCCNC(=O)NCc1nc(C(=O)O)cs1. The number of aromatic carboxylic acids is 1. The van der Waals surface area contributed by atoms with E-state index in [-0.39, 0.29) is 31.0 Å². The second-order valence-corrected chi connectivity index (χ2v) is 6.44. The van der Waals surface area contributed by atoms with Crippen LogP contribution in [0.2, 0.25) is 0 Å². The number of sulfonamides is 1. The molecule has 1 rings (SSSR count). The molecule has 0 aliphatic carbocycles. The molecule has 112 valence electrons. The number of hydrogen-bond acceptors (Lipinski definition) is 6. The van der Waals surface area contributed by atoms with Crippen LogP contribution in [-0.2, 0) is 16.6 Å². The Morgan fingerprint density at radius 2 is 2.10 bits per heavy atom. The molecule has 20 heavy (non-hydrogen) atoms. The zero-order chi connectivity index (χ0) is 15.2. The first-order valence-corrected chi connectivity index (χ1v) is 8.07. The van der Waals surface area contributed by atoms with Gasteiger partial charge in [-0.05, 0) is 6.42 Å². The van der Waals surface area contributed by atoms with Gasteiger partial charge in [0, 0.05) is 11.9 Å². The third-order valence-corrected chi connectivity index (χ3v) is 3.77. The van der Waals surface area contributed by atoms with Crippen LogP contribution in [0.5, 0.6) is 0 Å². The average molecular weight is 322 g/mol. The molecule has 0 unspecified atom stereocenters. The van der Waals surface area contributed by atoms with E-state index >= 15 is 0 Å². The molecule has 1 aromatic rings. The van der Waals surface area contributed by atoms with Gasteiger partial charge < -0.3 is 15.7 Å². The highest BCUT2D eigenvalue weighted by Crippen LogP contribution is 2.09. The molecule has 0 aliphatic heterocycles. The Balaban J connectivity index is 2.24. The van der Waals surface area contributed by atoms with Crippen molar-refractivity contribution in [3.05, 3.63) is 16.1 Å². The van der Waals surface area contributed by atoms with Crippen molar-refractivity contribution in [2.75, 3.05) is 12.3 Å². The molecule has 0 fully saturated rings. The van der Waals surface area contributed by atoms with Crippen molar-refractivity contribution in [3.63, 3.8) is 0 Å². The fourth-order valence-corrected chi connectivity index (χ4v) is 2.44. The van der Waals surface area contributed by atoms with Crippen LogP contribution in [0.3, 0.4) is 0 Å². The number of urea groups is 1. The smallest absolute Gasteiger partial charge is 0.355 e. The number of hydrogen-bond donors (Lipinski definition) is 4. The molecular weight excluding hydrogens is 308 g/mol. The zero-order valence-electron chi connectivity index (χ0n) is 10.3. The first-order valence-electron chi connectivity index (χ1n) is 5.48. The summed E-state index contributed by atoms with van der Waals surface area (Å²) in [4.78, 5) is 25.7. The van der Waals surface area contributed by atoms with E-state index in [0.29, 0.717) is 5.01 Å². The van der Waals surface area contributed by atoms with Crippen molar-refractivity contribution in [1.29, 1.82) is 0 Å². The van der Waals surface area contributed by atoms with Crippen molar-refractivity contribution in [1.82, 2.24) is 15.6 Å². The Bertz CT molecular complexity index is 583. The van der Waals surface area contributed by atoms with Crippen LogP contribution in [0, 0.1) is 0 Å². The van der Waals surface area contributed by atoms with E-state index in [1.54, 1.807) is 0 Å². The van der Waals surface area contributed by atoms with Crippen LogP contribution < -0.4 is 15.8 Å². The first kappa shape index (κ1) is 16.3. The highest BCUT2D eigenvalue weighted by molar-refractivity contribution is 7.89. The van der Waals surface area contributed by atoms with E-state index in [1.165, 1.54) is 5.38 Å². The van der Waals surface area contributed by atoms with Crippen molar-refractivity contribution < 1.29 is 23.1 Å². The number of carbonyl (C=O) groups excluding carboxylic acids is 1. The molecule has 1 aromatic heterocycles. The van der Waals surface area contributed by atoms with Crippen LogP contribution >= 0.6 is 11.3 Å². The lowest BCUT2D eigenvalue weighted by Gasteiger charge is -2.05. The molecule has 0 saturated heterocycles. The van der Waals surface area contributed by atoms with Crippen LogP contribution in [0.4, 0.5) is 4.79 Å². The maximum absolute atomic E-state index is 11.3. The van der Waals surface area contributed by atoms with E-state index in [1.807, 2.05) is 0 Å². The van der Waals surface area contributed by atoms with Crippen LogP contribution in [0.15, 0.2) is 5.38 Å². The largest absolute Gasteiger partial charge is 0.476 e. The number of nitrogens with zero attached hydrogens (tertiary/aromatic N) is 1. The Labute approximate surface area is 119 Å². The number of rotatable bonds is 7. The number of primary sulfonamides is 1. The summed E-state index contributed by atoms with van der Waals surface area (Å²) in [7, 11) is -3.52. The second-order valence-electron chi connectivity index (χ2n) is 3.76. The maximum Gasteiger partial charge on any atom is 0.355 e. The topological polar surface area (TPSA) is 151 Å². The number of carboxylic acid groups (broad SMARTS) is 1. The molecule has 0 spiro atoms. The molecule has 9 nitrogen and oxygen atoms in total. The fourth-order valence-electron chi connectivity index (χ4n) is 1.18. The van der Waals surface area contributed by atoms with Crippen molar-refractivity contribution in [2.45, 2.75) is 13.0 Å². The second kappa shape index (κ2) is 7.17. The van der Waals surface area contributed by atoms with Gasteiger partial charge in [-0.3, -0.25) is 0 Å². The summed E-state index contributed by atoms with van der Waals surface area (Å²) in [6.45, 7) is 0.263. The summed E-state index contributed by atoms with van der Waals surface area (Å²) in [5.41, 5.74) is -0.0691. The van der Waals surface area contributed by atoms with E-state index in [0.717, 1.165) is 11.3 Å². The normalized spacial score (nSPS) is 11.1. The van der Waals surface area contributed by atoms with Gasteiger partial charge in [0.05, 0.1) is 12.3 Å². The molecule has 0 radical (unpaired) electrons. The predicted octanol–water partition coefficient (Wildman–Crippen LogP) is -0.681. The van der Waals surface area contributed by atoms with Gasteiger partial charge in [0.25, 0.3) is 0 Å². The average Bonchev–Trinajstić information content (AvgIpc) is 2.80. The molecule has 0 bridgehead atoms. The number of thiazole rings is 1. The van der Waals surface area contributed by atoms with Gasteiger partial charge in [-0.25, -0.2) is 28.1 Å². The third kappa shape index (κ3) is 6.45. The van der Waals surface area contributed by atoms with Gasteiger partial charge in [0.2, 0.25) is 10.0 Å². The Morgan fingerprint density at radius 1 is 1.40 bits per heavy atom. The quantitative estimate of drug-likeness (QED) is 0.488. The van der Waals surface area contributed by atoms with Crippen LogP contribution in [0.25, 0.3) is 0 Å². The monoisotopic (exact) mass is 322 g/mol. The summed E-state index contributed by atoms with van der Waals surface area (Å²) in [5.74, 6) is -1.33. The van der Waals surface area contributed by atoms with E-state index in [2.05, 4.69) is 15.6 Å². The van der Waals surface area contributed by atoms with Gasteiger partial charge in [0.15, 0.2) is 5.69 Å². The maximum atomic E-state index is 11.3. The minimum atomic E-state index is -3.52. The molecule has 0 aromatic carbocycles. The van der Waals surface area contributed by atoms with Gasteiger partial charge in [-0.2, -0.15) is 0 Å². The molecule has 0 aliphatic rings. The summed E-state index contributed by atoms with van der Waals surface area (Å²) in [6.07, 6.45) is 0.215. The predicted molar refractivity (Wildman–Crippen MR) is 71.9 cm³/mol. The summed E-state index contributed by atoms with van der Waals surface area (Å²) >= 11 is 1.12. The fraction of sp³-hybridized carbons (Fsp3) is 0.444. The van der Waals surface area contributed by atoms with Gasteiger partial charge in [0.1, 0.15) is 5.01 Å². The van der Waals surface area contributed by atoms with Crippen molar-refractivity contribution in [3.8, 4) is 0 Å². The first-order chi connectivity index (χ1) is 9.28. The van der Waals surface area contributed by atoms with E-state index < -0.39 is 22.0 Å². The minimum Gasteiger partial charge on any atom is -0.476 e. The molecule has 0 atom stereocenters. The van der Waals surface area contributed by atoms with Crippen LogP contribution in [-0.4, -0.2) is 42.8 Å². The number of carboxylic acids is 1. The summed E-state index contributed by atoms with van der Waals surface area (Å²) in [6, 6.07) is -0.494. The lowest BCUT2D eigenvalue weighted by molar-refractivity contribution is 0.0691. The lowest BCUT2D eigenvalue weighted by atomic mass is 10.5. The van der Waals surface area contributed by atoms with Crippen molar-refractivity contribution >= 4 is 33.4 Å². The molecule has 2 amide bonds.